The first-order valence-corrected chi connectivity index (χ1v) is 10.5. The van der Waals surface area contributed by atoms with Gasteiger partial charge < -0.3 is 4.74 Å². The maximum Gasteiger partial charge on any atom is 0.270 e. The normalized spacial score (nSPS) is 10.8. The number of pyridine rings is 1. The van der Waals surface area contributed by atoms with Crippen molar-refractivity contribution in [3.05, 3.63) is 113 Å². The average molecular weight is 432 g/mol. The van der Waals surface area contributed by atoms with E-state index in [0.717, 1.165) is 38.9 Å². The molecule has 4 aromatic carbocycles. The number of nitro benzene ring substituents is 1. The number of fused-ring (bicyclic) bond motifs is 1. The van der Waals surface area contributed by atoms with Crippen molar-refractivity contribution in [3.63, 3.8) is 0 Å². The topological polar surface area (TPSA) is 65.3 Å². The molecule has 5 rings (SSSR count). The Kier molecular flexibility index (Phi) is 5.29. The Morgan fingerprint density at radius 1 is 0.667 bits per heavy atom. The molecule has 5 nitrogen and oxygen atoms in total. The Balaban J connectivity index is 1.69. The van der Waals surface area contributed by atoms with E-state index in [1.54, 1.807) is 19.2 Å². The van der Waals surface area contributed by atoms with Crippen molar-refractivity contribution >= 4 is 16.5 Å². The number of hydrogen-bond donors (Lipinski definition) is 0. The van der Waals surface area contributed by atoms with E-state index in [4.69, 9.17) is 9.72 Å². The summed E-state index contributed by atoms with van der Waals surface area (Å²) in [5, 5.41) is 13.6. The van der Waals surface area contributed by atoms with E-state index in [9.17, 15) is 10.1 Å². The molecule has 0 aliphatic carbocycles. The van der Waals surface area contributed by atoms with Crippen LogP contribution in [-0.4, -0.2) is 17.0 Å². The molecule has 0 aliphatic rings. The molecule has 33 heavy (non-hydrogen) atoms. The molecule has 0 amide bonds. The van der Waals surface area contributed by atoms with Crippen LogP contribution in [0.5, 0.6) is 5.75 Å². The third kappa shape index (κ3) is 4.16. The molecule has 0 spiro atoms. The van der Waals surface area contributed by atoms with Gasteiger partial charge in [0.05, 0.1) is 23.4 Å². The van der Waals surface area contributed by atoms with Crippen molar-refractivity contribution in [1.82, 2.24) is 4.98 Å². The molecule has 0 saturated heterocycles. The second-order valence-electron chi connectivity index (χ2n) is 7.72. The standard InChI is InChI=1S/C28H20N2O3/c1-33-26-13-11-20(12-14-26)24-17-27(22-7-4-8-25(16-22)30(31)32)29-28(18-24)23-10-9-19-5-2-3-6-21(19)15-23/h2-18H,1H3. The molecule has 0 saturated carbocycles. The predicted octanol–water partition coefficient (Wildman–Crippen LogP) is 7.15. The highest BCUT2D eigenvalue weighted by Gasteiger charge is 2.12. The Morgan fingerprint density at radius 2 is 1.33 bits per heavy atom. The van der Waals surface area contributed by atoms with Gasteiger partial charge in [-0.1, -0.05) is 60.7 Å². The predicted molar refractivity (Wildman–Crippen MR) is 131 cm³/mol. The lowest BCUT2D eigenvalue weighted by molar-refractivity contribution is -0.384. The maximum atomic E-state index is 11.3. The van der Waals surface area contributed by atoms with Crippen LogP contribution in [0.1, 0.15) is 0 Å². The molecule has 0 fully saturated rings. The molecule has 0 radical (unpaired) electrons. The average Bonchev–Trinajstić information content (AvgIpc) is 2.88. The number of benzene rings is 4. The van der Waals surface area contributed by atoms with Crippen LogP contribution >= 0.6 is 0 Å². The Labute approximate surface area is 191 Å². The van der Waals surface area contributed by atoms with E-state index in [1.807, 2.05) is 54.6 Å². The number of ether oxygens (including phenoxy) is 1. The van der Waals surface area contributed by atoms with Gasteiger partial charge in [0.1, 0.15) is 5.75 Å². The first-order chi connectivity index (χ1) is 16.1. The maximum absolute atomic E-state index is 11.3. The minimum Gasteiger partial charge on any atom is -0.497 e. The molecule has 0 unspecified atom stereocenters. The van der Waals surface area contributed by atoms with Crippen LogP contribution in [-0.2, 0) is 0 Å². The van der Waals surface area contributed by atoms with E-state index in [1.165, 1.54) is 6.07 Å². The molecule has 0 bridgehead atoms. The van der Waals surface area contributed by atoms with Crippen LogP contribution in [0.25, 0.3) is 44.4 Å². The summed E-state index contributed by atoms with van der Waals surface area (Å²) in [4.78, 5) is 15.8. The smallest absolute Gasteiger partial charge is 0.270 e. The van der Waals surface area contributed by atoms with Crippen LogP contribution in [0.4, 0.5) is 5.69 Å². The zero-order chi connectivity index (χ0) is 22.8. The summed E-state index contributed by atoms with van der Waals surface area (Å²) in [7, 11) is 1.64. The number of rotatable bonds is 5. The summed E-state index contributed by atoms with van der Waals surface area (Å²) in [5.41, 5.74) is 5.17. The highest BCUT2D eigenvalue weighted by atomic mass is 16.6. The first kappa shape index (κ1) is 20.4. The summed E-state index contributed by atoms with van der Waals surface area (Å²) < 4.78 is 5.29. The lowest BCUT2D eigenvalue weighted by Crippen LogP contribution is -1.93. The second-order valence-corrected chi connectivity index (χ2v) is 7.72. The van der Waals surface area contributed by atoms with E-state index < -0.39 is 0 Å². The van der Waals surface area contributed by atoms with Gasteiger partial charge in [-0.2, -0.15) is 0 Å². The van der Waals surface area contributed by atoms with Crippen LogP contribution < -0.4 is 4.74 Å². The summed E-state index contributed by atoms with van der Waals surface area (Å²) in [5.74, 6) is 0.779. The lowest BCUT2D eigenvalue weighted by Gasteiger charge is -2.11. The van der Waals surface area contributed by atoms with Crippen molar-refractivity contribution in [2.24, 2.45) is 0 Å². The van der Waals surface area contributed by atoms with Gasteiger partial charge in [-0.05, 0) is 52.2 Å². The van der Waals surface area contributed by atoms with Crippen molar-refractivity contribution in [2.45, 2.75) is 0 Å². The number of nitrogens with zero attached hydrogens (tertiary/aromatic N) is 2. The molecule has 160 valence electrons. The fourth-order valence-corrected chi connectivity index (χ4v) is 3.90. The Morgan fingerprint density at radius 3 is 2.03 bits per heavy atom. The van der Waals surface area contributed by atoms with Gasteiger partial charge >= 0.3 is 0 Å². The van der Waals surface area contributed by atoms with Crippen molar-refractivity contribution in [1.29, 1.82) is 0 Å². The molecule has 0 aliphatic heterocycles. The summed E-state index contributed by atoms with van der Waals surface area (Å²) in [6, 6.07) is 32.9. The van der Waals surface area contributed by atoms with E-state index in [-0.39, 0.29) is 10.6 Å². The summed E-state index contributed by atoms with van der Waals surface area (Å²) in [6.07, 6.45) is 0. The van der Waals surface area contributed by atoms with Crippen LogP contribution in [0.15, 0.2) is 103 Å². The van der Waals surface area contributed by atoms with Crippen molar-refractivity contribution in [3.8, 4) is 39.4 Å². The Hall–Kier alpha value is -4.51. The van der Waals surface area contributed by atoms with Gasteiger partial charge in [0, 0.05) is 23.3 Å². The minimum atomic E-state index is -0.388. The van der Waals surface area contributed by atoms with Gasteiger partial charge in [0.2, 0.25) is 0 Å². The zero-order valence-corrected chi connectivity index (χ0v) is 17.9. The number of aromatic nitrogens is 1. The van der Waals surface area contributed by atoms with Crippen molar-refractivity contribution in [2.75, 3.05) is 7.11 Å². The van der Waals surface area contributed by atoms with Crippen LogP contribution in [0, 0.1) is 10.1 Å². The highest BCUT2D eigenvalue weighted by Crippen LogP contribution is 2.33. The molecule has 1 aromatic heterocycles. The zero-order valence-electron chi connectivity index (χ0n) is 17.9. The largest absolute Gasteiger partial charge is 0.497 e. The number of hydrogen-bond acceptors (Lipinski definition) is 4. The molecule has 5 heteroatoms. The van der Waals surface area contributed by atoms with Crippen LogP contribution in [0.2, 0.25) is 0 Å². The number of nitro groups is 1. The van der Waals surface area contributed by atoms with E-state index in [0.29, 0.717) is 11.3 Å². The quantitative estimate of drug-likeness (QED) is 0.218. The fourth-order valence-electron chi connectivity index (χ4n) is 3.90. The van der Waals surface area contributed by atoms with Gasteiger partial charge in [-0.25, -0.2) is 4.98 Å². The summed E-state index contributed by atoms with van der Waals surface area (Å²) in [6.45, 7) is 0. The molecular weight excluding hydrogens is 412 g/mol. The second kappa shape index (κ2) is 8.55. The number of methoxy groups -OCH3 is 1. The molecular formula is C28H20N2O3. The van der Waals surface area contributed by atoms with Gasteiger partial charge in [0.15, 0.2) is 0 Å². The van der Waals surface area contributed by atoms with E-state index >= 15 is 0 Å². The van der Waals surface area contributed by atoms with Gasteiger partial charge in [-0.15, -0.1) is 0 Å². The minimum absolute atomic E-state index is 0.0383. The first-order valence-electron chi connectivity index (χ1n) is 10.5. The summed E-state index contributed by atoms with van der Waals surface area (Å²) >= 11 is 0. The lowest BCUT2D eigenvalue weighted by atomic mass is 9.98. The number of non-ortho nitro benzene ring substituents is 1. The van der Waals surface area contributed by atoms with Crippen molar-refractivity contribution < 1.29 is 9.66 Å². The third-order valence-corrected chi connectivity index (χ3v) is 5.65. The fraction of sp³-hybridized carbons (Fsp3) is 0.0357. The molecule has 1 heterocycles. The van der Waals surface area contributed by atoms with Crippen LogP contribution in [0.3, 0.4) is 0 Å². The van der Waals surface area contributed by atoms with Gasteiger partial charge in [0.25, 0.3) is 5.69 Å². The molecule has 0 atom stereocenters. The Bertz CT molecular complexity index is 1480. The SMILES string of the molecule is COc1ccc(-c2cc(-c3cccc([N+](=O)[O-])c3)nc(-c3ccc4ccccc4c3)c2)cc1. The molecule has 5 aromatic rings. The van der Waals surface area contributed by atoms with E-state index in [2.05, 4.69) is 30.3 Å². The van der Waals surface area contributed by atoms with Gasteiger partial charge in [-0.3, -0.25) is 10.1 Å². The highest BCUT2D eigenvalue weighted by molar-refractivity contribution is 5.88. The monoisotopic (exact) mass is 432 g/mol. The third-order valence-electron chi connectivity index (χ3n) is 5.65. The molecule has 0 N–H and O–H groups in total.